The van der Waals surface area contributed by atoms with Crippen molar-refractivity contribution in [2.45, 2.75) is 30.8 Å². The minimum absolute atomic E-state index is 0.0792. The standard InChI is InChI=1S/C22H24ClF2N5O3S/c1-2-34-16-8-4-3-7-15(16)11-26-19(31)13-29-18(23)12-27-20(21(29)32)28-14-22(24,25)17-9-5-6-10-30(17)33/h3-9,12,33H,2,10-11,13-14H2,1H3,(H,26,31)(H,27,28). The van der Waals surface area contributed by atoms with E-state index in [0.29, 0.717) is 5.06 Å². The van der Waals surface area contributed by atoms with Crippen molar-refractivity contribution in [1.29, 1.82) is 0 Å². The number of amides is 1. The Morgan fingerprint density at radius 1 is 1.35 bits per heavy atom. The molecule has 0 unspecified atom stereocenters. The molecule has 12 heteroatoms. The van der Waals surface area contributed by atoms with E-state index in [4.69, 9.17) is 11.6 Å². The molecular formula is C22H24ClF2N5O3S. The molecule has 0 aliphatic carbocycles. The molecular weight excluding hydrogens is 488 g/mol. The van der Waals surface area contributed by atoms with E-state index in [2.05, 4.69) is 15.6 Å². The molecule has 1 amide bonds. The van der Waals surface area contributed by atoms with E-state index in [1.807, 2.05) is 31.2 Å². The van der Waals surface area contributed by atoms with Gasteiger partial charge in [-0.25, -0.2) is 4.98 Å². The molecule has 1 aliphatic heterocycles. The van der Waals surface area contributed by atoms with E-state index in [0.717, 1.165) is 33.1 Å². The zero-order valence-corrected chi connectivity index (χ0v) is 19.9. The third-order valence-electron chi connectivity index (χ3n) is 4.86. The molecule has 0 bridgehead atoms. The first-order chi connectivity index (χ1) is 16.2. The Morgan fingerprint density at radius 3 is 2.85 bits per heavy atom. The number of nitrogens with one attached hydrogen (secondary N) is 2. The van der Waals surface area contributed by atoms with E-state index in [9.17, 15) is 23.6 Å². The second-order valence-electron chi connectivity index (χ2n) is 7.26. The van der Waals surface area contributed by atoms with Gasteiger partial charge in [-0.15, -0.1) is 11.8 Å². The highest BCUT2D eigenvalue weighted by atomic mass is 35.5. The Hall–Kier alpha value is -2.89. The smallest absolute Gasteiger partial charge is 0.306 e. The highest BCUT2D eigenvalue weighted by molar-refractivity contribution is 7.99. The van der Waals surface area contributed by atoms with Gasteiger partial charge in [0.2, 0.25) is 5.91 Å². The van der Waals surface area contributed by atoms with Crippen LogP contribution < -0.4 is 16.2 Å². The summed E-state index contributed by atoms with van der Waals surface area (Å²) in [5, 5.41) is 15.0. The molecule has 3 rings (SSSR count). The number of alkyl halides is 2. The third-order valence-corrected chi connectivity index (χ3v) is 6.15. The average molecular weight is 512 g/mol. The lowest BCUT2D eigenvalue weighted by Crippen LogP contribution is -2.40. The van der Waals surface area contributed by atoms with Crippen LogP contribution in [0.5, 0.6) is 0 Å². The first-order valence-electron chi connectivity index (χ1n) is 10.4. The molecule has 2 heterocycles. The molecule has 0 spiro atoms. The lowest BCUT2D eigenvalue weighted by Gasteiger charge is -2.28. The molecule has 2 aromatic rings. The highest BCUT2D eigenvalue weighted by Gasteiger charge is 2.38. The van der Waals surface area contributed by atoms with Gasteiger partial charge in [0.15, 0.2) is 5.82 Å². The Kier molecular flexibility index (Phi) is 8.70. The lowest BCUT2D eigenvalue weighted by atomic mass is 10.1. The van der Waals surface area contributed by atoms with E-state index < -0.39 is 42.0 Å². The zero-order chi connectivity index (χ0) is 24.7. The number of nitrogens with zero attached hydrogens (tertiary/aromatic N) is 3. The van der Waals surface area contributed by atoms with Gasteiger partial charge in [0.05, 0.1) is 19.3 Å². The SMILES string of the molecule is CCSc1ccccc1CNC(=O)Cn1c(Cl)cnc(NCC(F)(F)C2=CC=CCN2O)c1=O. The quantitative estimate of drug-likeness (QED) is 0.420. The number of hydrogen-bond acceptors (Lipinski definition) is 7. The van der Waals surface area contributed by atoms with Gasteiger partial charge in [0.25, 0.3) is 5.56 Å². The van der Waals surface area contributed by atoms with Crippen molar-refractivity contribution < 1.29 is 18.8 Å². The summed E-state index contributed by atoms with van der Waals surface area (Å²) >= 11 is 7.70. The summed E-state index contributed by atoms with van der Waals surface area (Å²) in [5.74, 6) is -3.47. The molecule has 0 fully saturated rings. The van der Waals surface area contributed by atoms with Crippen molar-refractivity contribution in [1.82, 2.24) is 19.9 Å². The molecule has 0 saturated carbocycles. The Balaban J connectivity index is 1.67. The molecule has 1 aromatic heterocycles. The van der Waals surface area contributed by atoms with Crippen LogP contribution in [0.2, 0.25) is 5.15 Å². The fraction of sp³-hybridized carbons (Fsp3) is 0.318. The van der Waals surface area contributed by atoms with Crippen molar-refractivity contribution in [3.8, 4) is 0 Å². The van der Waals surface area contributed by atoms with Crippen molar-refractivity contribution in [2.75, 3.05) is 24.2 Å². The minimum atomic E-state index is -3.49. The van der Waals surface area contributed by atoms with Gasteiger partial charge in [0, 0.05) is 11.4 Å². The monoisotopic (exact) mass is 511 g/mol. The van der Waals surface area contributed by atoms with Crippen LogP contribution in [0, 0.1) is 0 Å². The van der Waals surface area contributed by atoms with Crippen molar-refractivity contribution in [3.63, 3.8) is 0 Å². The third kappa shape index (κ3) is 6.37. The van der Waals surface area contributed by atoms with Crippen LogP contribution in [-0.2, 0) is 17.9 Å². The second-order valence-corrected chi connectivity index (χ2v) is 8.95. The summed E-state index contributed by atoms with van der Waals surface area (Å²) in [4.78, 5) is 30.1. The predicted octanol–water partition coefficient (Wildman–Crippen LogP) is 3.52. The fourth-order valence-corrected chi connectivity index (χ4v) is 4.17. The summed E-state index contributed by atoms with van der Waals surface area (Å²) in [6.45, 7) is 0.810. The topological polar surface area (TPSA) is 99.5 Å². The van der Waals surface area contributed by atoms with Crippen molar-refractivity contribution >= 4 is 35.1 Å². The fourth-order valence-electron chi connectivity index (χ4n) is 3.18. The molecule has 0 saturated heterocycles. The summed E-state index contributed by atoms with van der Waals surface area (Å²) in [6, 6.07) is 7.65. The number of halogens is 3. The number of carbonyl (C=O) groups is 1. The summed E-state index contributed by atoms with van der Waals surface area (Å²) in [6.07, 6.45) is 5.10. The van der Waals surface area contributed by atoms with Crippen LogP contribution in [0.4, 0.5) is 14.6 Å². The van der Waals surface area contributed by atoms with Crippen LogP contribution >= 0.6 is 23.4 Å². The van der Waals surface area contributed by atoms with E-state index in [1.165, 1.54) is 12.2 Å². The highest BCUT2D eigenvalue weighted by Crippen LogP contribution is 2.28. The van der Waals surface area contributed by atoms with Gasteiger partial charge >= 0.3 is 5.92 Å². The van der Waals surface area contributed by atoms with Gasteiger partial charge in [-0.1, -0.05) is 48.9 Å². The first kappa shape index (κ1) is 25.7. The van der Waals surface area contributed by atoms with Crippen LogP contribution in [0.1, 0.15) is 12.5 Å². The molecule has 0 radical (unpaired) electrons. The number of rotatable bonds is 10. The van der Waals surface area contributed by atoms with E-state index >= 15 is 0 Å². The second kappa shape index (κ2) is 11.5. The van der Waals surface area contributed by atoms with Crippen LogP contribution in [0.15, 0.2) is 64.1 Å². The number of aromatic nitrogens is 2. The zero-order valence-electron chi connectivity index (χ0n) is 18.3. The number of anilines is 1. The number of allylic oxidation sites excluding steroid dienone is 2. The number of thioether (sulfide) groups is 1. The average Bonchev–Trinajstić information content (AvgIpc) is 2.81. The lowest BCUT2D eigenvalue weighted by molar-refractivity contribution is -0.121. The van der Waals surface area contributed by atoms with Crippen LogP contribution in [0.3, 0.4) is 0 Å². The molecule has 8 nitrogen and oxygen atoms in total. The predicted molar refractivity (Wildman–Crippen MR) is 127 cm³/mol. The summed E-state index contributed by atoms with van der Waals surface area (Å²) in [5.41, 5.74) is -0.498. The van der Waals surface area contributed by atoms with Gasteiger partial charge in [-0.2, -0.15) is 8.78 Å². The largest absolute Gasteiger partial charge is 0.359 e. The Morgan fingerprint density at radius 2 is 2.12 bits per heavy atom. The van der Waals surface area contributed by atoms with Crippen molar-refractivity contribution in [2.24, 2.45) is 0 Å². The molecule has 182 valence electrons. The Bertz CT molecular complexity index is 1160. The maximum absolute atomic E-state index is 14.5. The number of carbonyl (C=O) groups excluding carboxylic acids is 1. The molecule has 1 aliphatic rings. The molecule has 1 aromatic carbocycles. The first-order valence-corrected chi connectivity index (χ1v) is 11.8. The van der Waals surface area contributed by atoms with E-state index in [1.54, 1.807) is 11.8 Å². The summed E-state index contributed by atoms with van der Waals surface area (Å²) < 4.78 is 30.0. The number of hydroxylamine groups is 2. The van der Waals surface area contributed by atoms with Crippen molar-refractivity contribution in [3.05, 3.63) is 75.5 Å². The van der Waals surface area contributed by atoms with Gasteiger partial charge < -0.3 is 10.6 Å². The van der Waals surface area contributed by atoms with Crippen LogP contribution in [-0.4, -0.2) is 50.5 Å². The number of hydrogen-bond donors (Lipinski definition) is 3. The maximum atomic E-state index is 14.5. The minimum Gasteiger partial charge on any atom is -0.359 e. The van der Waals surface area contributed by atoms with Gasteiger partial charge in [0.1, 0.15) is 17.4 Å². The number of benzene rings is 1. The Labute approximate surface area is 204 Å². The van der Waals surface area contributed by atoms with Gasteiger partial charge in [-0.3, -0.25) is 24.4 Å². The van der Waals surface area contributed by atoms with E-state index in [-0.39, 0.29) is 18.2 Å². The molecule has 3 N–H and O–H groups in total. The normalized spacial score (nSPS) is 13.6. The maximum Gasteiger partial charge on any atom is 0.306 e. The van der Waals surface area contributed by atoms with Crippen LogP contribution in [0.25, 0.3) is 0 Å². The molecule has 0 atom stereocenters. The molecule has 34 heavy (non-hydrogen) atoms. The summed E-state index contributed by atoms with van der Waals surface area (Å²) in [7, 11) is 0. The van der Waals surface area contributed by atoms with Gasteiger partial charge in [-0.05, 0) is 23.5 Å².